The first-order chi connectivity index (χ1) is 11.8. The number of hydrogen-bond donors (Lipinski definition) is 0. The summed E-state index contributed by atoms with van der Waals surface area (Å²) in [5.74, 6) is 0.921. The molecule has 1 aliphatic heterocycles. The van der Waals surface area contributed by atoms with E-state index in [1.54, 1.807) is 10.9 Å². The summed E-state index contributed by atoms with van der Waals surface area (Å²) in [7, 11) is -3.65. The number of aromatic nitrogens is 4. The van der Waals surface area contributed by atoms with Gasteiger partial charge in [0.1, 0.15) is 11.0 Å². The molecule has 3 heterocycles. The molecule has 0 radical (unpaired) electrons. The third kappa shape index (κ3) is 3.60. The van der Waals surface area contributed by atoms with Gasteiger partial charge in [-0.05, 0) is 13.8 Å². The molecule has 2 aromatic rings. The molecule has 0 unspecified atom stereocenters. The fourth-order valence-corrected chi connectivity index (χ4v) is 3.85. The number of morpholine rings is 1. The Bertz CT molecular complexity index is 827. The van der Waals surface area contributed by atoms with Crippen molar-refractivity contribution >= 4 is 10.0 Å². The summed E-state index contributed by atoms with van der Waals surface area (Å²) < 4.78 is 40.0. The molecule has 0 aromatic carbocycles. The zero-order valence-corrected chi connectivity index (χ0v) is 15.6. The summed E-state index contributed by atoms with van der Waals surface area (Å²) in [5, 5.41) is 12.1. The topological polar surface area (TPSA) is 103 Å². The highest BCUT2D eigenvalue weighted by Crippen LogP contribution is 2.27. The molecule has 1 saturated heterocycles. The molecule has 0 amide bonds. The molecular weight excluding hydrogens is 346 g/mol. The van der Waals surface area contributed by atoms with Crippen LogP contribution in [0.5, 0.6) is 0 Å². The summed E-state index contributed by atoms with van der Waals surface area (Å²) in [6, 6.07) is 0.0919. The predicted octanol–water partition coefficient (Wildman–Crippen LogP) is 1.73. The van der Waals surface area contributed by atoms with Crippen LogP contribution in [-0.4, -0.2) is 52.4 Å². The van der Waals surface area contributed by atoms with Crippen molar-refractivity contribution in [1.82, 2.24) is 24.3 Å². The largest absolute Gasteiger partial charge is 0.422 e. The number of sulfonamides is 1. The Balaban J connectivity index is 1.79. The van der Waals surface area contributed by atoms with E-state index >= 15 is 0 Å². The van der Waals surface area contributed by atoms with Gasteiger partial charge in [-0.15, -0.1) is 10.2 Å². The van der Waals surface area contributed by atoms with Gasteiger partial charge in [-0.3, -0.25) is 4.68 Å². The quantitative estimate of drug-likeness (QED) is 0.790. The van der Waals surface area contributed by atoms with Crippen LogP contribution in [0.15, 0.2) is 21.7 Å². The monoisotopic (exact) mass is 369 g/mol. The fourth-order valence-electron chi connectivity index (χ4n) is 2.49. The lowest BCUT2D eigenvalue weighted by atomic mass is 10.2. The molecular formula is C15H23N5O4S. The van der Waals surface area contributed by atoms with Crippen LogP contribution in [0, 0.1) is 0 Å². The summed E-state index contributed by atoms with van der Waals surface area (Å²) in [6.07, 6.45) is 2.36. The van der Waals surface area contributed by atoms with Crippen LogP contribution in [0.25, 0.3) is 0 Å². The van der Waals surface area contributed by atoms with Gasteiger partial charge in [-0.2, -0.15) is 9.40 Å². The van der Waals surface area contributed by atoms with Crippen molar-refractivity contribution in [2.24, 2.45) is 0 Å². The van der Waals surface area contributed by atoms with Gasteiger partial charge in [-0.1, -0.05) is 13.8 Å². The van der Waals surface area contributed by atoms with Gasteiger partial charge in [0.15, 0.2) is 0 Å². The SMILES string of the molecule is CC(C)c1nnc([C@@H]2CN(S(=O)(=O)c3cnn(C(C)C)c3)CCO2)o1. The minimum absolute atomic E-state index is 0.0919. The van der Waals surface area contributed by atoms with E-state index in [0.29, 0.717) is 11.8 Å². The molecule has 3 rings (SSSR count). The highest BCUT2D eigenvalue weighted by Gasteiger charge is 2.34. The average Bonchev–Trinajstić information content (AvgIpc) is 3.25. The summed E-state index contributed by atoms with van der Waals surface area (Å²) >= 11 is 0. The highest BCUT2D eigenvalue weighted by atomic mass is 32.2. The van der Waals surface area contributed by atoms with E-state index in [1.165, 1.54) is 10.5 Å². The van der Waals surface area contributed by atoms with E-state index in [1.807, 2.05) is 27.7 Å². The van der Waals surface area contributed by atoms with Crippen LogP contribution in [0.2, 0.25) is 0 Å². The third-order valence-corrected chi connectivity index (χ3v) is 5.82. The van der Waals surface area contributed by atoms with Gasteiger partial charge in [0.2, 0.25) is 21.8 Å². The Labute approximate surface area is 147 Å². The lowest BCUT2D eigenvalue weighted by molar-refractivity contribution is -0.0179. The Hall–Kier alpha value is -1.78. The van der Waals surface area contributed by atoms with Crippen molar-refractivity contribution in [3.05, 3.63) is 24.2 Å². The van der Waals surface area contributed by atoms with Gasteiger partial charge >= 0.3 is 0 Å². The Morgan fingerprint density at radius 3 is 2.60 bits per heavy atom. The van der Waals surface area contributed by atoms with E-state index in [9.17, 15) is 8.42 Å². The highest BCUT2D eigenvalue weighted by molar-refractivity contribution is 7.89. The fraction of sp³-hybridized carbons (Fsp3) is 0.667. The van der Waals surface area contributed by atoms with E-state index in [0.717, 1.165) is 0 Å². The average molecular weight is 369 g/mol. The summed E-state index contributed by atoms with van der Waals surface area (Å²) in [6.45, 7) is 8.45. The normalized spacial score (nSPS) is 19.8. The standard InChI is InChI=1S/C15H23N5O4S/c1-10(2)14-17-18-15(24-14)13-9-19(5-6-23-13)25(21,22)12-7-16-20(8-12)11(3)4/h7-8,10-11,13H,5-6,9H2,1-4H3/t13-/m0/s1. The molecule has 0 aliphatic carbocycles. The molecule has 0 spiro atoms. The summed E-state index contributed by atoms with van der Waals surface area (Å²) in [4.78, 5) is 0.176. The van der Waals surface area contributed by atoms with Crippen molar-refractivity contribution in [2.45, 2.75) is 50.7 Å². The molecule has 1 atom stereocenters. The third-order valence-electron chi connectivity index (χ3n) is 4.00. The van der Waals surface area contributed by atoms with Gasteiger partial charge in [0, 0.05) is 31.2 Å². The van der Waals surface area contributed by atoms with Crippen LogP contribution in [-0.2, 0) is 14.8 Å². The van der Waals surface area contributed by atoms with Crippen LogP contribution < -0.4 is 0 Å². The zero-order valence-electron chi connectivity index (χ0n) is 14.8. The predicted molar refractivity (Wildman–Crippen MR) is 88.5 cm³/mol. The van der Waals surface area contributed by atoms with Gasteiger partial charge in [-0.25, -0.2) is 8.42 Å². The first-order valence-corrected chi connectivity index (χ1v) is 9.72. The lowest BCUT2D eigenvalue weighted by Gasteiger charge is -2.30. The molecule has 25 heavy (non-hydrogen) atoms. The zero-order chi connectivity index (χ0) is 18.2. The van der Waals surface area contributed by atoms with Crippen LogP contribution in [0.4, 0.5) is 0 Å². The van der Waals surface area contributed by atoms with Crippen molar-refractivity contribution in [2.75, 3.05) is 19.7 Å². The van der Waals surface area contributed by atoms with Gasteiger partial charge in [0.05, 0.1) is 12.8 Å². The number of ether oxygens (including phenoxy) is 1. The second-order valence-corrected chi connectivity index (χ2v) is 8.54. The van der Waals surface area contributed by atoms with Crippen LogP contribution in [0.3, 0.4) is 0 Å². The minimum atomic E-state index is -3.65. The molecule has 0 bridgehead atoms. The molecule has 0 saturated carbocycles. The Kier molecular flexibility index (Phi) is 4.94. The maximum atomic E-state index is 12.9. The smallest absolute Gasteiger partial charge is 0.246 e. The van der Waals surface area contributed by atoms with Crippen molar-refractivity contribution < 1.29 is 17.6 Å². The van der Waals surface area contributed by atoms with Crippen LogP contribution >= 0.6 is 0 Å². The van der Waals surface area contributed by atoms with E-state index in [-0.39, 0.29) is 36.6 Å². The van der Waals surface area contributed by atoms with E-state index < -0.39 is 16.1 Å². The first kappa shape index (κ1) is 18.0. The molecule has 2 aromatic heterocycles. The van der Waals surface area contributed by atoms with E-state index in [2.05, 4.69) is 15.3 Å². The molecule has 1 fully saturated rings. The maximum absolute atomic E-state index is 12.9. The molecule has 1 aliphatic rings. The van der Waals surface area contributed by atoms with Gasteiger partial charge < -0.3 is 9.15 Å². The minimum Gasteiger partial charge on any atom is -0.422 e. The number of nitrogens with zero attached hydrogens (tertiary/aromatic N) is 5. The Morgan fingerprint density at radius 2 is 2.00 bits per heavy atom. The van der Waals surface area contributed by atoms with Crippen molar-refractivity contribution in [3.8, 4) is 0 Å². The van der Waals surface area contributed by atoms with Crippen LogP contribution in [0.1, 0.15) is 57.5 Å². The molecule has 0 N–H and O–H groups in total. The first-order valence-electron chi connectivity index (χ1n) is 8.28. The van der Waals surface area contributed by atoms with Crippen molar-refractivity contribution in [1.29, 1.82) is 0 Å². The summed E-state index contributed by atoms with van der Waals surface area (Å²) in [5.41, 5.74) is 0. The Morgan fingerprint density at radius 1 is 1.24 bits per heavy atom. The molecule has 138 valence electrons. The van der Waals surface area contributed by atoms with E-state index in [4.69, 9.17) is 9.15 Å². The second kappa shape index (κ2) is 6.85. The maximum Gasteiger partial charge on any atom is 0.246 e. The van der Waals surface area contributed by atoms with Crippen molar-refractivity contribution in [3.63, 3.8) is 0 Å². The molecule has 10 heteroatoms. The number of hydrogen-bond acceptors (Lipinski definition) is 7. The number of rotatable bonds is 5. The second-order valence-electron chi connectivity index (χ2n) is 6.61. The van der Waals surface area contributed by atoms with Gasteiger partial charge in [0.25, 0.3) is 0 Å². The lowest BCUT2D eigenvalue weighted by Crippen LogP contribution is -2.42. The molecule has 9 nitrogen and oxygen atoms in total.